The van der Waals surface area contributed by atoms with Crippen LogP contribution in [-0.4, -0.2) is 26.1 Å². The van der Waals surface area contributed by atoms with E-state index in [2.05, 4.69) is 25.5 Å². The zero-order valence-electron chi connectivity index (χ0n) is 12.8. The summed E-state index contributed by atoms with van der Waals surface area (Å²) in [5.41, 5.74) is 3.18. The molecule has 1 aromatic carbocycles. The number of thiazole rings is 1. The minimum absolute atomic E-state index is 0.197. The second-order valence-electron chi connectivity index (χ2n) is 5.29. The van der Waals surface area contributed by atoms with Gasteiger partial charge in [0.2, 0.25) is 0 Å². The standard InChI is InChI=1S/C17H13N5OS/c1-10-13-7-12(8-18-15(13)22-21-10)20-16(23)14-9-19-17(24-14)11-5-3-2-4-6-11/h2-9H,1H3,(H,20,23)(H,18,21,22). The number of fused-ring (bicyclic) bond motifs is 1. The van der Waals surface area contributed by atoms with E-state index in [1.807, 2.05) is 43.3 Å². The third-order valence-corrected chi connectivity index (χ3v) is 4.65. The Balaban J connectivity index is 1.57. The summed E-state index contributed by atoms with van der Waals surface area (Å²) in [5, 5.41) is 11.5. The van der Waals surface area contributed by atoms with Gasteiger partial charge in [-0.2, -0.15) is 5.10 Å². The number of carbonyl (C=O) groups excluding carboxylic acids is 1. The highest BCUT2D eigenvalue weighted by atomic mass is 32.1. The molecule has 0 bridgehead atoms. The molecule has 3 aromatic heterocycles. The number of rotatable bonds is 3. The first-order chi connectivity index (χ1) is 11.7. The summed E-state index contributed by atoms with van der Waals surface area (Å²) in [5.74, 6) is -0.197. The zero-order chi connectivity index (χ0) is 16.5. The van der Waals surface area contributed by atoms with Crippen LogP contribution in [0.1, 0.15) is 15.4 Å². The van der Waals surface area contributed by atoms with Gasteiger partial charge in [0.15, 0.2) is 5.65 Å². The number of H-pyrrole nitrogens is 1. The summed E-state index contributed by atoms with van der Waals surface area (Å²) in [6.07, 6.45) is 3.19. The van der Waals surface area contributed by atoms with E-state index < -0.39 is 0 Å². The smallest absolute Gasteiger partial charge is 0.267 e. The van der Waals surface area contributed by atoms with Gasteiger partial charge in [0.1, 0.15) is 9.88 Å². The number of aromatic amines is 1. The van der Waals surface area contributed by atoms with Crippen molar-refractivity contribution in [1.82, 2.24) is 20.2 Å². The lowest BCUT2D eigenvalue weighted by Crippen LogP contribution is -2.10. The van der Waals surface area contributed by atoms with Gasteiger partial charge >= 0.3 is 0 Å². The molecule has 1 amide bonds. The van der Waals surface area contributed by atoms with Crippen LogP contribution in [0.2, 0.25) is 0 Å². The first-order valence-electron chi connectivity index (χ1n) is 7.34. The van der Waals surface area contributed by atoms with Gasteiger partial charge in [0.25, 0.3) is 5.91 Å². The van der Waals surface area contributed by atoms with Crippen molar-refractivity contribution in [2.24, 2.45) is 0 Å². The van der Waals surface area contributed by atoms with Gasteiger partial charge in [0, 0.05) is 16.6 Å². The van der Waals surface area contributed by atoms with Gasteiger partial charge in [-0.25, -0.2) is 9.97 Å². The molecular formula is C17H13N5OS. The Morgan fingerprint density at radius 3 is 2.83 bits per heavy atom. The van der Waals surface area contributed by atoms with Crippen LogP contribution < -0.4 is 5.32 Å². The Bertz CT molecular complexity index is 1020. The molecular weight excluding hydrogens is 322 g/mol. The van der Waals surface area contributed by atoms with Crippen molar-refractivity contribution < 1.29 is 4.79 Å². The molecule has 3 heterocycles. The van der Waals surface area contributed by atoms with Crippen molar-refractivity contribution in [3.05, 3.63) is 59.4 Å². The lowest BCUT2D eigenvalue weighted by molar-refractivity contribution is 0.103. The van der Waals surface area contributed by atoms with Crippen molar-refractivity contribution in [2.75, 3.05) is 5.32 Å². The molecule has 118 valence electrons. The van der Waals surface area contributed by atoms with Crippen LogP contribution in [0.4, 0.5) is 5.69 Å². The van der Waals surface area contributed by atoms with Crippen LogP contribution in [0.15, 0.2) is 48.8 Å². The molecule has 0 fully saturated rings. The summed E-state index contributed by atoms with van der Waals surface area (Å²) >= 11 is 1.36. The molecule has 0 saturated heterocycles. The fourth-order valence-electron chi connectivity index (χ4n) is 2.37. The maximum Gasteiger partial charge on any atom is 0.267 e. The number of nitrogens with one attached hydrogen (secondary N) is 2. The minimum Gasteiger partial charge on any atom is -0.320 e. The fourth-order valence-corrected chi connectivity index (χ4v) is 3.19. The Morgan fingerprint density at radius 1 is 1.17 bits per heavy atom. The number of amides is 1. The van der Waals surface area contributed by atoms with Crippen molar-refractivity contribution >= 4 is 34.0 Å². The molecule has 6 nitrogen and oxygen atoms in total. The normalized spacial score (nSPS) is 10.9. The van der Waals surface area contributed by atoms with Gasteiger partial charge in [-0.1, -0.05) is 30.3 Å². The highest BCUT2D eigenvalue weighted by Gasteiger charge is 2.13. The molecule has 4 rings (SSSR count). The summed E-state index contributed by atoms with van der Waals surface area (Å²) in [7, 11) is 0. The molecule has 0 aliphatic heterocycles. The minimum atomic E-state index is -0.197. The number of nitrogens with zero attached hydrogens (tertiary/aromatic N) is 3. The number of aromatic nitrogens is 4. The Kier molecular flexibility index (Phi) is 3.55. The highest BCUT2D eigenvalue weighted by molar-refractivity contribution is 7.17. The Morgan fingerprint density at radius 2 is 2.00 bits per heavy atom. The predicted octanol–water partition coefficient (Wildman–Crippen LogP) is 3.64. The summed E-state index contributed by atoms with van der Waals surface area (Å²) in [6.45, 7) is 1.91. The van der Waals surface area contributed by atoms with Crippen LogP contribution in [0.3, 0.4) is 0 Å². The van der Waals surface area contributed by atoms with E-state index in [1.54, 1.807) is 12.4 Å². The molecule has 0 unspecified atom stereocenters. The summed E-state index contributed by atoms with van der Waals surface area (Å²) < 4.78 is 0. The van der Waals surface area contributed by atoms with E-state index >= 15 is 0 Å². The highest BCUT2D eigenvalue weighted by Crippen LogP contribution is 2.25. The molecule has 0 aliphatic rings. The molecule has 0 saturated carbocycles. The van der Waals surface area contributed by atoms with Crippen LogP contribution in [0, 0.1) is 6.92 Å². The van der Waals surface area contributed by atoms with Gasteiger partial charge in [-0.05, 0) is 13.0 Å². The second kappa shape index (κ2) is 5.86. The summed E-state index contributed by atoms with van der Waals surface area (Å²) in [4.78, 5) is 21.5. The molecule has 0 spiro atoms. The number of aryl methyl sites for hydroxylation is 1. The molecule has 0 atom stereocenters. The number of anilines is 1. The lowest BCUT2D eigenvalue weighted by atomic mass is 10.2. The number of carbonyl (C=O) groups is 1. The maximum absolute atomic E-state index is 12.4. The van der Waals surface area contributed by atoms with Crippen LogP contribution in [0.5, 0.6) is 0 Å². The van der Waals surface area contributed by atoms with Crippen molar-refractivity contribution in [3.8, 4) is 10.6 Å². The zero-order valence-corrected chi connectivity index (χ0v) is 13.6. The fraction of sp³-hybridized carbons (Fsp3) is 0.0588. The SMILES string of the molecule is Cc1[nH]nc2ncc(NC(=O)c3cnc(-c4ccccc4)s3)cc12. The molecule has 4 aromatic rings. The second-order valence-corrected chi connectivity index (χ2v) is 6.32. The van der Waals surface area contributed by atoms with Crippen LogP contribution in [0.25, 0.3) is 21.6 Å². The van der Waals surface area contributed by atoms with E-state index in [0.29, 0.717) is 16.2 Å². The largest absolute Gasteiger partial charge is 0.320 e. The average molecular weight is 335 g/mol. The Labute approximate surface area is 141 Å². The Hall–Kier alpha value is -3.06. The van der Waals surface area contributed by atoms with Gasteiger partial charge in [0.05, 0.1) is 18.1 Å². The van der Waals surface area contributed by atoms with Gasteiger partial charge in [-0.3, -0.25) is 9.89 Å². The van der Waals surface area contributed by atoms with Crippen LogP contribution in [-0.2, 0) is 0 Å². The van der Waals surface area contributed by atoms with Crippen molar-refractivity contribution in [1.29, 1.82) is 0 Å². The first kappa shape index (κ1) is 14.5. The first-order valence-corrected chi connectivity index (χ1v) is 8.16. The molecule has 7 heteroatoms. The monoisotopic (exact) mass is 335 g/mol. The van der Waals surface area contributed by atoms with E-state index in [4.69, 9.17) is 0 Å². The molecule has 24 heavy (non-hydrogen) atoms. The van der Waals surface area contributed by atoms with E-state index in [1.165, 1.54) is 11.3 Å². The number of benzene rings is 1. The number of hydrogen-bond donors (Lipinski definition) is 2. The van der Waals surface area contributed by atoms with Gasteiger partial charge in [-0.15, -0.1) is 11.3 Å². The van der Waals surface area contributed by atoms with E-state index in [9.17, 15) is 4.79 Å². The van der Waals surface area contributed by atoms with Gasteiger partial charge < -0.3 is 5.32 Å². The lowest BCUT2D eigenvalue weighted by Gasteiger charge is -2.02. The van der Waals surface area contributed by atoms with Crippen molar-refractivity contribution in [3.63, 3.8) is 0 Å². The average Bonchev–Trinajstić information content (AvgIpc) is 3.24. The topological polar surface area (TPSA) is 83.6 Å². The van der Waals surface area contributed by atoms with E-state index in [0.717, 1.165) is 21.7 Å². The maximum atomic E-state index is 12.4. The quantitative estimate of drug-likeness (QED) is 0.599. The van der Waals surface area contributed by atoms with Crippen LogP contribution >= 0.6 is 11.3 Å². The van der Waals surface area contributed by atoms with Crippen molar-refractivity contribution in [2.45, 2.75) is 6.92 Å². The molecule has 0 aliphatic carbocycles. The molecule has 2 N–H and O–H groups in total. The number of pyridine rings is 1. The summed E-state index contributed by atoms with van der Waals surface area (Å²) in [6, 6.07) is 11.7. The third kappa shape index (κ3) is 2.65. The number of hydrogen-bond acceptors (Lipinski definition) is 5. The van der Waals surface area contributed by atoms with E-state index in [-0.39, 0.29) is 5.91 Å². The third-order valence-electron chi connectivity index (χ3n) is 3.61. The predicted molar refractivity (Wildman–Crippen MR) is 94.1 cm³/mol. The molecule has 0 radical (unpaired) electrons.